The van der Waals surface area contributed by atoms with Crippen molar-refractivity contribution in [1.82, 2.24) is 0 Å². The van der Waals surface area contributed by atoms with Crippen molar-refractivity contribution in [2.45, 2.75) is 108 Å². The summed E-state index contributed by atoms with van der Waals surface area (Å²) in [7, 11) is 0. The highest BCUT2D eigenvalue weighted by molar-refractivity contribution is 6.27. The van der Waals surface area contributed by atoms with Crippen LogP contribution in [0.2, 0.25) is 0 Å². The van der Waals surface area contributed by atoms with Gasteiger partial charge in [0, 0.05) is 29.1 Å². The molecule has 0 saturated carbocycles. The van der Waals surface area contributed by atoms with Crippen LogP contribution >= 0.6 is 0 Å². The van der Waals surface area contributed by atoms with Gasteiger partial charge in [0.25, 0.3) is 0 Å². The number of hydrogen-bond acceptors (Lipinski definition) is 2. The Morgan fingerprint density at radius 3 is 0.916 bits per heavy atom. The van der Waals surface area contributed by atoms with Gasteiger partial charge in [-0.1, -0.05) is 237 Å². The molecule has 0 aliphatic heterocycles. The predicted octanol–water partition coefficient (Wildman–Crippen LogP) is 23.7. The van der Waals surface area contributed by atoms with E-state index in [-0.39, 0.29) is 29.1 Å². The van der Waals surface area contributed by atoms with E-state index in [1.165, 1.54) is 98.0 Å². The molecule has 3 aliphatic carbocycles. The summed E-state index contributed by atoms with van der Waals surface area (Å²) in [5.74, 6) is -1.66. The lowest BCUT2D eigenvalue weighted by Crippen LogP contribution is -2.23. The van der Waals surface area contributed by atoms with Crippen molar-refractivity contribution < 1.29 is 19.8 Å². The second-order valence-corrected chi connectivity index (χ2v) is 30.2. The number of carboxylic acid groups (broad SMARTS) is 2. The first-order chi connectivity index (χ1) is 45.6. The molecule has 17 rings (SSSR count). The smallest absolute Gasteiger partial charge is 0.303 e. The van der Waals surface area contributed by atoms with Crippen LogP contribution in [0.3, 0.4) is 0 Å². The molecule has 0 bridgehead atoms. The fourth-order valence-electron chi connectivity index (χ4n) is 17.5. The monoisotopic (exact) mass is 1230 g/mol. The Bertz CT molecular complexity index is 5330. The largest absolute Gasteiger partial charge is 0.481 e. The van der Waals surface area contributed by atoms with Gasteiger partial charge in [0.2, 0.25) is 0 Å². The third-order valence-electron chi connectivity index (χ3n) is 22.6. The van der Waals surface area contributed by atoms with Gasteiger partial charge < -0.3 is 10.2 Å². The Labute approximate surface area is 555 Å². The van der Waals surface area contributed by atoms with E-state index in [1.54, 1.807) is 0 Å². The van der Waals surface area contributed by atoms with Crippen molar-refractivity contribution in [1.29, 1.82) is 0 Å². The number of fused-ring (bicyclic) bond motifs is 9. The number of aliphatic carboxylic acids is 2. The highest BCUT2D eigenvalue weighted by atomic mass is 16.4. The minimum absolute atomic E-state index is 0.00895. The van der Waals surface area contributed by atoms with Gasteiger partial charge in [0.1, 0.15) is 0 Å². The van der Waals surface area contributed by atoms with Gasteiger partial charge in [-0.05, 0) is 247 Å². The molecule has 2 unspecified atom stereocenters. The van der Waals surface area contributed by atoms with Crippen molar-refractivity contribution in [2.75, 3.05) is 0 Å². The quantitative estimate of drug-likeness (QED) is 0.0944. The second-order valence-electron chi connectivity index (χ2n) is 30.2. The lowest BCUT2D eigenvalue weighted by Gasteiger charge is -2.29. The van der Waals surface area contributed by atoms with Gasteiger partial charge in [-0.3, -0.25) is 9.59 Å². The lowest BCUT2D eigenvalue weighted by atomic mass is 9.73. The Balaban J connectivity index is 0.706. The zero-order valence-electron chi connectivity index (χ0n) is 55.2. The molecular formula is C91H74O4. The highest BCUT2D eigenvalue weighted by Gasteiger charge is 2.44. The molecule has 14 aromatic rings. The maximum Gasteiger partial charge on any atom is 0.303 e. The average Bonchev–Trinajstić information content (AvgIpc) is 1.21. The molecule has 3 aliphatic rings. The summed E-state index contributed by atoms with van der Waals surface area (Å²) < 4.78 is 0. The molecule has 4 heteroatoms. The first kappa shape index (κ1) is 58.4. The summed E-state index contributed by atoms with van der Waals surface area (Å²) in [6.45, 7) is 27.3. The van der Waals surface area contributed by atoms with Crippen LogP contribution in [0.25, 0.3) is 143 Å². The third kappa shape index (κ3) is 8.52. The first-order valence-electron chi connectivity index (χ1n) is 33.6. The van der Waals surface area contributed by atoms with Gasteiger partial charge in [-0.15, -0.1) is 13.2 Å². The topological polar surface area (TPSA) is 74.6 Å². The SMILES string of the molecule is C=CC1(CCC(=O)O)c2cc(-c3ccc4c(c3)C(C)(C)c3cc(-c5ccc6c(c5)C(C=C)(CCC(=O)O)c5cc(-c7ccc8ccc9cc(C(C)(C)C)cc%10ccc7c8c9%10)ccc5-6)ccc3-4)ccc2-c2ccc(-c3ccc4ccc5cc(C(C)(C)C)cc6ccc3c4c56)cc21. The Morgan fingerprint density at radius 2 is 0.600 bits per heavy atom. The molecule has 0 amide bonds. The molecule has 0 aromatic heterocycles. The fourth-order valence-corrected chi connectivity index (χ4v) is 17.5. The fraction of sp³-hybridized carbons (Fsp3) is 0.187. The van der Waals surface area contributed by atoms with E-state index in [2.05, 4.69) is 275 Å². The number of benzene rings is 14. The summed E-state index contributed by atoms with van der Waals surface area (Å²) in [4.78, 5) is 25.3. The minimum Gasteiger partial charge on any atom is -0.481 e. The number of carboxylic acids is 2. The predicted molar refractivity (Wildman–Crippen MR) is 397 cm³/mol. The van der Waals surface area contributed by atoms with Gasteiger partial charge in [0.05, 0.1) is 0 Å². The Morgan fingerprint density at radius 1 is 0.337 bits per heavy atom. The van der Waals surface area contributed by atoms with E-state index in [0.717, 1.165) is 89.0 Å². The molecule has 4 nitrogen and oxygen atoms in total. The zero-order chi connectivity index (χ0) is 65.6. The molecule has 0 fully saturated rings. The standard InChI is InChI=1S/C91H74O4/c1-11-90(39-37-81(92)93)77-47-55(21-31-69(77)71-33-23-57(49-79(71)90)65-27-17-51-13-15-59-41-63(87(3,4)5)43-61-25-35-73(65)85(51)83(59)61)53-19-29-67-68-30-20-54(46-76(68)89(9,10)75(67)45-53)56-22-32-70-72-34-24-58(50-80(72)91(12-2,78(70)48-56)40-38-82(94)95)66-28-18-52-14-16-60-42-64(88(6,7)8)44-62-26-36-74(66)86(52)84(60)62/h11-36,41-50H,1-2,37-40H2,3-10H3,(H,92,93)(H,94,95). The van der Waals surface area contributed by atoms with Crippen molar-refractivity contribution in [3.8, 4) is 77.9 Å². The third-order valence-corrected chi connectivity index (χ3v) is 22.6. The van der Waals surface area contributed by atoms with Crippen molar-refractivity contribution in [3.63, 3.8) is 0 Å². The summed E-state index contributed by atoms with van der Waals surface area (Å²) >= 11 is 0. The van der Waals surface area contributed by atoms with Crippen LogP contribution in [0, 0.1) is 0 Å². The summed E-state index contributed by atoms with van der Waals surface area (Å²) in [5, 5.41) is 35.7. The number of carbonyl (C=O) groups is 2. The number of hydrogen-bond donors (Lipinski definition) is 2. The van der Waals surface area contributed by atoms with Crippen molar-refractivity contribution in [3.05, 3.63) is 276 Å². The molecule has 462 valence electrons. The van der Waals surface area contributed by atoms with E-state index in [4.69, 9.17) is 0 Å². The molecule has 2 atom stereocenters. The van der Waals surface area contributed by atoms with E-state index < -0.39 is 22.8 Å². The van der Waals surface area contributed by atoms with Crippen LogP contribution in [0.1, 0.15) is 126 Å². The Hall–Kier alpha value is -10.4. The van der Waals surface area contributed by atoms with Crippen molar-refractivity contribution >= 4 is 76.6 Å². The zero-order valence-corrected chi connectivity index (χ0v) is 55.2. The molecule has 2 N–H and O–H groups in total. The van der Waals surface area contributed by atoms with E-state index in [1.807, 2.05) is 12.2 Å². The van der Waals surface area contributed by atoms with Crippen LogP contribution < -0.4 is 0 Å². The first-order valence-corrected chi connectivity index (χ1v) is 33.6. The molecule has 0 heterocycles. The normalized spacial score (nSPS) is 16.8. The molecule has 0 spiro atoms. The van der Waals surface area contributed by atoms with Crippen LogP contribution in [0.4, 0.5) is 0 Å². The van der Waals surface area contributed by atoms with Crippen LogP contribution in [-0.4, -0.2) is 22.2 Å². The number of allylic oxidation sites excluding steroid dienone is 2. The van der Waals surface area contributed by atoms with E-state index >= 15 is 0 Å². The molecule has 95 heavy (non-hydrogen) atoms. The maximum atomic E-state index is 12.6. The van der Waals surface area contributed by atoms with Crippen molar-refractivity contribution in [2.24, 2.45) is 0 Å². The summed E-state index contributed by atoms with van der Waals surface area (Å²) in [6, 6.07) is 77.6. The van der Waals surface area contributed by atoms with E-state index in [0.29, 0.717) is 12.8 Å². The average molecular weight is 1230 g/mol. The van der Waals surface area contributed by atoms with Crippen LogP contribution in [-0.2, 0) is 36.7 Å². The molecular weight excluding hydrogens is 1160 g/mol. The van der Waals surface area contributed by atoms with Gasteiger partial charge in [-0.25, -0.2) is 0 Å². The van der Waals surface area contributed by atoms with Crippen LogP contribution in [0.5, 0.6) is 0 Å². The molecule has 14 aromatic carbocycles. The van der Waals surface area contributed by atoms with Gasteiger partial charge >= 0.3 is 11.9 Å². The summed E-state index contributed by atoms with van der Waals surface area (Å²) in [5.41, 5.74) is 23.3. The molecule has 0 radical (unpaired) electrons. The lowest BCUT2D eigenvalue weighted by molar-refractivity contribution is -0.138. The Kier molecular flexibility index (Phi) is 12.5. The van der Waals surface area contributed by atoms with E-state index in [9.17, 15) is 19.8 Å². The van der Waals surface area contributed by atoms with Gasteiger partial charge in [0.15, 0.2) is 0 Å². The maximum absolute atomic E-state index is 12.6. The minimum atomic E-state index is -0.832. The second kappa shape index (κ2) is 20.3. The highest BCUT2D eigenvalue weighted by Crippen LogP contribution is 2.58. The molecule has 0 saturated heterocycles. The van der Waals surface area contributed by atoms with Gasteiger partial charge in [-0.2, -0.15) is 0 Å². The van der Waals surface area contributed by atoms with Crippen LogP contribution in [0.15, 0.2) is 232 Å². The summed E-state index contributed by atoms with van der Waals surface area (Å²) in [6.07, 6.45) is 4.74. The number of rotatable bonds is 12.